The van der Waals surface area contributed by atoms with Crippen molar-refractivity contribution < 1.29 is 23.1 Å². The number of nitrogens with zero attached hydrogens (tertiary/aromatic N) is 3. The normalized spacial score (nSPS) is 10.9. The highest BCUT2D eigenvalue weighted by Gasteiger charge is 2.22. The highest BCUT2D eigenvalue weighted by atomic mass is 19.3. The minimum absolute atomic E-state index is 0.0761. The van der Waals surface area contributed by atoms with Crippen LogP contribution in [-0.4, -0.2) is 32.5 Å². The van der Waals surface area contributed by atoms with Crippen LogP contribution in [0.15, 0.2) is 24.3 Å². The van der Waals surface area contributed by atoms with E-state index in [0.717, 1.165) is 16.8 Å². The monoisotopic (exact) mass is 271 g/mol. The molecule has 2 aromatic rings. The van der Waals surface area contributed by atoms with Gasteiger partial charge >= 0.3 is 5.97 Å². The van der Waals surface area contributed by atoms with E-state index in [1.54, 1.807) is 0 Å². The van der Waals surface area contributed by atoms with Gasteiger partial charge in [0, 0.05) is 5.56 Å². The molecule has 0 unspecified atom stereocenters. The Kier molecular flexibility index (Phi) is 3.50. The Morgan fingerprint density at radius 1 is 1.32 bits per heavy atom. The average Bonchev–Trinajstić information content (AvgIpc) is 2.73. The summed E-state index contributed by atoms with van der Waals surface area (Å²) in [4.78, 5) is 11.0. The Hall–Kier alpha value is -2.38. The van der Waals surface area contributed by atoms with Gasteiger partial charge in [0.25, 0.3) is 6.43 Å². The number of aromatic nitrogens is 3. The molecule has 0 radical (unpaired) electrons. The van der Waals surface area contributed by atoms with Gasteiger partial charge < -0.3 is 5.11 Å². The number of hydrogen-bond donors (Lipinski definition) is 1. The number of benzene rings is 1. The maximum atomic E-state index is 12.8. The summed E-state index contributed by atoms with van der Waals surface area (Å²) >= 11 is 0. The molecule has 5 nitrogen and oxygen atoms in total. The van der Waals surface area contributed by atoms with Crippen LogP contribution in [-0.2, 0) is 6.54 Å². The maximum absolute atomic E-state index is 12.8. The molecular weight excluding hydrogens is 263 g/mol. The summed E-state index contributed by atoms with van der Waals surface area (Å²) < 4.78 is 38.4. The largest absolute Gasteiger partial charge is 0.476 e. The van der Waals surface area contributed by atoms with E-state index < -0.39 is 30.5 Å². The van der Waals surface area contributed by atoms with Crippen molar-refractivity contribution in [1.29, 1.82) is 0 Å². The van der Waals surface area contributed by atoms with Gasteiger partial charge in [-0.2, -0.15) is 0 Å². The van der Waals surface area contributed by atoms with Crippen LogP contribution in [0.1, 0.15) is 10.5 Å². The van der Waals surface area contributed by atoms with Crippen molar-refractivity contribution in [3.63, 3.8) is 0 Å². The van der Waals surface area contributed by atoms with Crippen molar-refractivity contribution in [2.45, 2.75) is 13.0 Å². The number of halogens is 3. The SMILES string of the molecule is O=C(O)c1nnn(CC(F)F)c1-c1ccc(F)cc1. The Morgan fingerprint density at radius 2 is 1.95 bits per heavy atom. The molecule has 0 saturated heterocycles. The zero-order valence-corrected chi connectivity index (χ0v) is 9.42. The van der Waals surface area contributed by atoms with Gasteiger partial charge in [-0.3, -0.25) is 0 Å². The maximum Gasteiger partial charge on any atom is 0.358 e. The zero-order chi connectivity index (χ0) is 14.0. The summed E-state index contributed by atoms with van der Waals surface area (Å²) in [6, 6.07) is 4.76. The highest BCUT2D eigenvalue weighted by Crippen LogP contribution is 2.23. The fourth-order valence-electron chi connectivity index (χ4n) is 1.61. The standard InChI is InChI=1S/C11H8F3N3O2/c12-7-3-1-6(2-4-7)10-9(11(18)19)15-16-17(10)5-8(13)14/h1-4,8H,5H2,(H,18,19). The van der Waals surface area contributed by atoms with Gasteiger partial charge in [-0.05, 0) is 24.3 Å². The quantitative estimate of drug-likeness (QED) is 0.924. The minimum Gasteiger partial charge on any atom is -0.476 e. The van der Waals surface area contributed by atoms with E-state index in [1.807, 2.05) is 0 Å². The summed E-state index contributed by atoms with van der Waals surface area (Å²) in [7, 11) is 0. The molecule has 0 fully saturated rings. The molecule has 0 amide bonds. The Morgan fingerprint density at radius 3 is 2.47 bits per heavy atom. The predicted octanol–water partition coefficient (Wildman–Crippen LogP) is 2.05. The highest BCUT2D eigenvalue weighted by molar-refractivity contribution is 5.92. The molecular formula is C11H8F3N3O2. The van der Waals surface area contributed by atoms with Gasteiger partial charge in [-0.25, -0.2) is 22.6 Å². The number of hydrogen-bond acceptors (Lipinski definition) is 3. The van der Waals surface area contributed by atoms with Crippen molar-refractivity contribution >= 4 is 5.97 Å². The van der Waals surface area contributed by atoms with Crippen molar-refractivity contribution in [3.8, 4) is 11.3 Å². The van der Waals surface area contributed by atoms with Gasteiger partial charge in [0.1, 0.15) is 18.1 Å². The number of alkyl halides is 2. The summed E-state index contributed by atoms with van der Waals surface area (Å²) in [5.74, 6) is -1.91. The first kappa shape index (κ1) is 13.1. The first-order chi connectivity index (χ1) is 8.99. The van der Waals surface area contributed by atoms with E-state index in [4.69, 9.17) is 5.11 Å². The fraction of sp³-hybridized carbons (Fsp3) is 0.182. The Balaban J connectivity index is 2.54. The molecule has 0 aliphatic carbocycles. The molecule has 0 aliphatic rings. The van der Waals surface area contributed by atoms with E-state index in [0.29, 0.717) is 0 Å². The van der Waals surface area contributed by atoms with E-state index in [2.05, 4.69) is 10.3 Å². The number of carbonyl (C=O) groups is 1. The lowest BCUT2D eigenvalue weighted by atomic mass is 10.1. The molecule has 2 rings (SSSR count). The van der Waals surface area contributed by atoms with Gasteiger partial charge in [0.2, 0.25) is 0 Å². The minimum atomic E-state index is -2.71. The molecule has 1 aromatic heterocycles. The second-order valence-corrected chi connectivity index (χ2v) is 3.67. The molecule has 0 bridgehead atoms. The fourth-order valence-corrected chi connectivity index (χ4v) is 1.61. The van der Waals surface area contributed by atoms with Gasteiger partial charge in [-0.1, -0.05) is 5.21 Å². The molecule has 1 N–H and O–H groups in total. The second kappa shape index (κ2) is 5.09. The molecule has 1 heterocycles. The number of carboxylic acids is 1. The lowest BCUT2D eigenvalue weighted by molar-refractivity contribution is 0.0691. The summed E-state index contributed by atoms with van der Waals surface area (Å²) in [6.07, 6.45) is -2.71. The number of aromatic carboxylic acids is 1. The molecule has 8 heteroatoms. The van der Waals surface area contributed by atoms with E-state index >= 15 is 0 Å². The molecule has 0 atom stereocenters. The Bertz CT molecular complexity index is 596. The lowest BCUT2D eigenvalue weighted by Gasteiger charge is -2.06. The lowest BCUT2D eigenvalue weighted by Crippen LogP contribution is -2.10. The second-order valence-electron chi connectivity index (χ2n) is 3.67. The van der Waals surface area contributed by atoms with Crippen molar-refractivity contribution in [2.75, 3.05) is 0 Å². The number of rotatable bonds is 4. The van der Waals surface area contributed by atoms with Crippen LogP contribution in [0.4, 0.5) is 13.2 Å². The van der Waals surface area contributed by atoms with Gasteiger partial charge in [-0.15, -0.1) is 5.10 Å². The van der Waals surface area contributed by atoms with E-state index in [1.165, 1.54) is 12.1 Å². The zero-order valence-electron chi connectivity index (χ0n) is 9.42. The first-order valence-electron chi connectivity index (χ1n) is 5.20. The van der Waals surface area contributed by atoms with Crippen LogP contribution in [0.3, 0.4) is 0 Å². The third kappa shape index (κ3) is 2.72. The first-order valence-corrected chi connectivity index (χ1v) is 5.20. The van der Waals surface area contributed by atoms with Gasteiger partial charge in [0.05, 0.1) is 0 Å². The van der Waals surface area contributed by atoms with Crippen molar-refractivity contribution in [2.24, 2.45) is 0 Å². The Labute approximate surface area is 105 Å². The van der Waals surface area contributed by atoms with Gasteiger partial charge in [0.15, 0.2) is 5.69 Å². The molecule has 1 aromatic carbocycles. The van der Waals surface area contributed by atoms with Crippen LogP contribution < -0.4 is 0 Å². The molecule has 100 valence electrons. The summed E-state index contributed by atoms with van der Waals surface area (Å²) in [5, 5.41) is 15.7. The predicted molar refractivity (Wildman–Crippen MR) is 58.4 cm³/mol. The topological polar surface area (TPSA) is 68.0 Å². The smallest absolute Gasteiger partial charge is 0.358 e. The van der Waals surface area contributed by atoms with Crippen LogP contribution >= 0.6 is 0 Å². The van der Waals surface area contributed by atoms with Crippen LogP contribution in [0, 0.1) is 5.82 Å². The van der Waals surface area contributed by atoms with Crippen molar-refractivity contribution in [1.82, 2.24) is 15.0 Å². The number of carboxylic acid groups (broad SMARTS) is 1. The van der Waals surface area contributed by atoms with Crippen LogP contribution in [0.2, 0.25) is 0 Å². The van der Waals surface area contributed by atoms with Crippen LogP contribution in [0.5, 0.6) is 0 Å². The van der Waals surface area contributed by atoms with E-state index in [9.17, 15) is 18.0 Å². The third-order valence-electron chi connectivity index (χ3n) is 2.37. The molecule has 0 saturated carbocycles. The van der Waals surface area contributed by atoms with E-state index in [-0.39, 0.29) is 11.3 Å². The molecule has 0 spiro atoms. The summed E-state index contributed by atoms with van der Waals surface area (Å²) in [6.45, 7) is -0.785. The van der Waals surface area contributed by atoms with Crippen molar-refractivity contribution in [3.05, 3.63) is 35.8 Å². The molecule has 19 heavy (non-hydrogen) atoms. The average molecular weight is 271 g/mol. The molecule has 0 aliphatic heterocycles. The van der Waals surface area contributed by atoms with Crippen LogP contribution in [0.25, 0.3) is 11.3 Å². The summed E-state index contributed by atoms with van der Waals surface area (Å²) in [5.41, 5.74) is -0.274. The third-order valence-corrected chi connectivity index (χ3v) is 2.37.